The molecule has 0 spiro atoms. The first-order chi connectivity index (χ1) is 15.5. The molecular formula is C31H50O2. The summed E-state index contributed by atoms with van der Waals surface area (Å²) in [5.41, 5.74) is 3.70. The monoisotopic (exact) mass is 454 g/mol. The number of fused-ring (bicyclic) bond motifs is 5. The number of hydrogen-bond acceptors (Lipinski definition) is 2. The quantitative estimate of drug-likeness (QED) is 0.308. The second-order valence-electron chi connectivity index (χ2n) is 13.1. The van der Waals surface area contributed by atoms with Crippen molar-refractivity contribution in [1.82, 2.24) is 0 Å². The molecule has 0 heterocycles. The Hall–Kier alpha value is -1.05. The van der Waals surface area contributed by atoms with Gasteiger partial charge in [-0.05, 0) is 105 Å². The number of allylic oxidation sites excluding steroid dienone is 3. The highest BCUT2D eigenvalue weighted by atomic mass is 16.5. The van der Waals surface area contributed by atoms with E-state index in [4.69, 9.17) is 4.74 Å². The fourth-order valence-corrected chi connectivity index (χ4v) is 9.19. The Morgan fingerprint density at radius 1 is 1.06 bits per heavy atom. The van der Waals surface area contributed by atoms with Crippen molar-refractivity contribution in [2.24, 2.45) is 52.3 Å². The molecule has 0 aliphatic heterocycles. The molecule has 2 unspecified atom stereocenters. The number of esters is 1. The van der Waals surface area contributed by atoms with Gasteiger partial charge in [-0.15, -0.1) is 0 Å². The number of carbonyl (C=O) groups is 1. The molecule has 4 aliphatic rings. The van der Waals surface area contributed by atoms with Gasteiger partial charge in [-0.25, -0.2) is 0 Å². The molecule has 0 bridgehead atoms. The first kappa shape index (κ1) is 25.1. The predicted octanol–water partition coefficient (Wildman–Crippen LogP) is 8.37. The molecule has 3 fully saturated rings. The van der Waals surface area contributed by atoms with Crippen LogP contribution in [0, 0.1) is 52.3 Å². The topological polar surface area (TPSA) is 26.3 Å². The molecular weight excluding hydrogens is 404 g/mol. The van der Waals surface area contributed by atoms with Crippen LogP contribution >= 0.6 is 0 Å². The second-order valence-corrected chi connectivity index (χ2v) is 13.1. The smallest absolute Gasteiger partial charge is 0.302 e. The van der Waals surface area contributed by atoms with Gasteiger partial charge in [-0.1, -0.05) is 64.8 Å². The third-order valence-corrected chi connectivity index (χ3v) is 11.4. The maximum absolute atomic E-state index is 12.0. The Morgan fingerprint density at radius 2 is 1.79 bits per heavy atom. The predicted molar refractivity (Wildman–Crippen MR) is 138 cm³/mol. The van der Waals surface area contributed by atoms with Crippen molar-refractivity contribution in [3.63, 3.8) is 0 Å². The van der Waals surface area contributed by atoms with Gasteiger partial charge in [0.25, 0.3) is 0 Å². The van der Waals surface area contributed by atoms with Gasteiger partial charge < -0.3 is 4.74 Å². The zero-order chi connectivity index (χ0) is 24.1. The van der Waals surface area contributed by atoms with Crippen molar-refractivity contribution in [2.75, 3.05) is 0 Å². The van der Waals surface area contributed by atoms with Crippen LogP contribution in [-0.2, 0) is 9.53 Å². The summed E-state index contributed by atoms with van der Waals surface area (Å²) >= 11 is 0. The molecule has 2 nitrogen and oxygen atoms in total. The minimum atomic E-state index is -0.0993. The van der Waals surface area contributed by atoms with E-state index in [1.807, 2.05) is 0 Å². The number of rotatable bonds is 5. The average molecular weight is 455 g/mol. The molecule has 33 heavy (non-hydrogen) atoms. The summed E-state index contributed by atoms with van der Waals surface area (Å²) in [5.74, 6) is 4.98. The fraction of sp³-hybridized carbons (Fsp3) is 0.839. The van der Waals surface area contributed by atoms with Crippen LogP contribution in [0.25, 0.3) is 0 Å². The minimum absolute atomic E-state index is 0.0566. The van der Waals surface area contributed by atoms with Crippen LogP contribution in [0.3, 0.4) is 0 Å². The molecule has 0 saturated heterocycles. The van der Waals surface area contributed by atoms with Gasteiger partial charge in [0.2, 0.25) is 0 Å². The number of ether oxygens (including phenoxy) is 1. The van der Waals surface area contributed by atoms with E-state index in [0.29, 0.717) is 29.1 Å². The zero-order valence-corrected chi connectivity index (χ0v) is 22.7. The molecule has 4 rings (SSSR count). The third-order valence-electron chi connectivity index (χ3n) is 11.4. The first-order valence-corrected chi connectivity index (χ1v) is 14.0. The SMILES string of the molecule is CC(=O)OC1CCCC2=CC[C@H]3[C@@H]4CC[C@H]([C@H](C)/C=C(\C)C(C)C(C)C)[C@@]4(C)CC[C@@H]3[C@]21C. The molecule has 0 aromatic heterocycles. The number of carbonyl (C=O) groups excluding carboxylic acids is 1. The molecule has 0 amide bonds. The van der Waals surface area contributed by atoms with E-state index in [0.717, 1.165) is 30.6 Å². The Kier molecular flexibility index (Phi) is 6.98. The summed E-state index contributed by atoms with van der Waals surface area (Å²) in [5, 5.41) is 0. The van der Waals surface area contributed by atoms with E-state index in [9.17, 15) is 4.79 Å². The molecule has 186 valence electrons. The third kappa shape index (κ3) is 4.16. The lowest BCUT2D eigenvalue weighted by atomic mass is 9.46. The van der Waals surface area contributed by atoms with Crippen molar-refractivity contribution < 1.29 is 9.53 Å². The van der Waals surface area contributed by atoms with Crippen LogP contribution in [0.1, 0.15) is 107 Å². The summed E-state index contributed by atoms with van der Waals surface area (Å²) in [6.07, 6.45) is 15.4. The maximum Gasteiger partial charge on any atom is 0.302 e. The van der Waals surface area contributed by atoms with Gasteiger partial charge in [0.1, 0.15) is 6.10 Å². The van der Waals surface area contributed by atoms with Crippen molar-refractivity contribution >= 4 is 5.97 Å². The van der Waals surface area contributed by atoms with E-state index in [2.05, 4.69) is 60.6 Å². The Balaban J connectivity index is 1.58. The first-order valence-electron chi connectivity index (χ1n) is 14.0. The van der Waals surface area contributed by atoms with Gasteiger partial charge in [-0.2, -0.15) is 0 Å². The lowest BCUT2D eigenvalue weighted by Gasteiger charge is -2.59. The highest BCUT2D eigenvalue weighted by Crippen LogP contribution is 2.67. The maximum atomic E-state index is 12.0. The van der Waals surface area contributed by atoms with Crippen molar-refractivity contribution in [3.8, 4) is 0 Å². The molecule has 0 aromatic carbocycles. The molecule has 0 radical (unpaired) electrons. The van der Waals surface area contributed by atoms with Crippen LogP contribution in [0.2, 0.25) is 0 Å². The Morgan fingerprint density at radius 3 is 2.45 bits per heavy atom. The molecule has 0 aromatic rings. The molecule has 0 N–H and O–H groups in total. The van der Waals surface area contributed by atoms with E-state index in [-0.39, 0.29) is 17.5 Å². The van der Waals surface area contributed by atoms with Crippen LogP contribution in [-0.4, -0.2) is 12.1 Å². The summed E-state index contributed by atoms with van der Waals surface area (Å²) < 4.78 is 6.01. The van der Waals surface area contributed by atoms with Crippen LogP contribution in [0.15, 0.2) is 23.3 Å². The minimum Gasteiger partial charge on any atom is -0.462 e. The van der Waals surface area contributed by atoms with Gasteiger partial charge in [-0.3, -0.25) is 4.79 Å². The van der Waals surface area contributed by atoms with E-state index < -0.39 is 0 Å². The zero-order valence-electron chi connectivity index (χ0n) is 22.7. The highest BCUT2D eigenvalue weighted by molar-refractivity contribution is 5.66. The normalized spacial score (nSPS) is 42.6. The van der Waals surface area contributed by atoms with Crippen LogP contribution < -0.4 is 0 Å². The number of hydrogen-bond donors (Lipinski definition) is 0. The molecule has 2 heteroatoms. The molecule has 3 saturated carbocycles. The van der Waals surface area contributed by atoms with Gasteiger partial charge >= 0.3 is 5.97 Å². The molecule has 4 aliphatic carbocycles. The lowest BCUT2D eigenvalue weighted by Crippen LogP contribution is -2.55. The Bertz CT molecular complexity index is 806. The largest absolute Gasteiger partial charge is 0.462 e. The van der Waals surface area contributed by atoms with Crippen LogP contribution in [0.4, 0.5) is 0 Å². The highest BCUT2D eigenvalue weighted by Gasteiger charge is 2.61. The van der Waals surface area contributed by atoms with Crippen molar-refractivity contribution in [2.45, 2.75) is 113 Å². The van der Waals surface area contributed by atoms with E-state index in [1.54, 1.807) is 18.1 Å². The Labute approximate surface area is 204 Å². The summed E-state index contributed by atoms with van der Waals surface area (Å²) in [4.78, 5) is 12.0. The van der Waals surface area contributed by atoms with Gasteiger partial charge in [0, 0.05) is 12.3 Å². The summed E-state index contributed by atoms with van der Waals surface area (Å²) in [6, 6.07) is 0. The molecule has 9 atom stereocenters. The second kappa shape index (κ2) is 9.19. The summed E-state index contributed by atoms with van der Waals surface area (Å²) in [7, 11) is 0. The van der Waals surface area contributed by atoms with Crippen molar-refractivity contribution in [1.29, 1.82) is 0 Å². The van der Waals surface area contributed by atoms with E-state index >= 15 is 0 Å². The van der Waals surface area contributed by atoms with Crippen LogP contribution in [0.5, 0.6) is 0 Å². The standard InChI is InChI=1S/C31H50O2/c1-19(2)22(5)20(3)18-21(4)26-14-15-27-25-13-12-24-10-9-11-29(33-23(6)32)31(24,8)28(25)16-17-30(26,27)7/h12,18-19,21-22,25-29H,9-11,13-17H2,1-8H3/b20-18+/t21-,22?,25+,26-,27+,28+,29?,30-,31+/m1/s1. The van der Waals surface area contributed by atoms with Gasteiger partial charge in [0.15, 0.2) is 0 Å². The van der Waals surface area contributed by atoms with Crippen molar-refractivity contribution in [3.05, 3.63) is 23.3 Å². The van der Waals surface area contributed by atoms with E-state index in [1.165, 1.54) is 38.5 Å². The van der Waals surface area contributed by atoms with Gasteiger partial charge in [0.05, 0.1) is 0 Å². The average Bonchev–Trinajstić information content (AvgIpc) is 3.10. The fourth-order valence-electron chi connectivity index (χ4n) is 9.19. The lowest BCUT2D eigenvalue weighted by molar-refractivity contribution is -0.162. The summed E-state index contributed by atoms with van der Waals surface area (Å²) in [6.45, 7) is 18.6.